The molecule has 1 heterocycles. The molecule has 2 aliphatic rings. The topological polar surface area (TPSA) is 21.3 Å². The van der Waals surface area contributed by atoms with Gasteiger partial charge in [-0.3, -0.25) is 0 Å². The number of hydrogen-bond acceptors (Lipinski definition) is 2. The van der Waals surface area contributed by atoms with Crippen molar-refractivity contribution in [3.05, 3.63) is 29.8 Å². The van der Waals surface area contributed by atoms with E-state index in [-0.39, 0.29) is 0 Å². The van der Waals surface area contributed by atoms with Gasteiger partial charge in [-0.2, -0.15) is 0 Å². The number of para-hydroxylation sites is 1. The maximum Gasteiger partial charge on any atom is 0.122 e. The van der Waals surface area contributed by atoms with Gasteiger partial charge in [0.1, 0.15) is 5.75 Å². The lowest BCUT2D eigenvalue weighted by Crippen LogP contribution is -2.11. The normalized spacial score (nSPS) is 32.7. The predicted molar refractivity (Wildman–Crippen MR) is 64.8 cm³/mol. The number of rotatable bonds is 2. The molecule has 2 fully saturated rings. The molecule has 1 saturated carbocycles. The summed E-state index contributed by atoms with van der Waals surface area (Å²) in [7, 11) is 1.77. The first kappa shape index (κ1) is 10.2. The molecule has 86 valence electrons. The molecule has 2 unspecified atom stereocenters. The third-order valence-corrected chi connectivity index (χ3v) is 4.23. The number of hydrogen-bond donors (Lipinski definition) is 1. The summed E-state index contributed by atoms with van der Waals surface area (Å²) in [6.45, 7) is 2.44. The predicted octanol–water partition coefficient (Wildman–Crippen LogP) is 2.41. The van der Waals surface area contributed by atoms with Gasteiger partial charge in [-0.15, -0.1) is 0 Å². The molecule has 2 nitrogen and oxygen atoms in total. The van der Waals surface area contributed by atoms with Crippen molar-refractivity contribution in [3.8, 4) is 5.75 Å². The fourth-order valence-corrected chi connectivity index (χ4v) is 3.42. The molecule has 1 saturated heterocycles. The number of ether oxygens (including phenoxy) is 1. The summed E-state index contributed by atoms with van der Waals surface area (Å²) in [4.78, 5) is 0. The summed E-state index contributed by atoms with van der Waals surface area (Å²) in [5.74, 6) is 3.58. The van der Waals surface area contributed by atoms with Gasteiger partial charge in [0.05, 0.1) is 7.11 Å². The van der Waals surface area contributed by atoms with Crippen molar-refractivity contribution in [2.75, 3.05) is 20.2 Å². The van der Waals surface area contributed by atoms with Crippen LogP contribution in [0.15, 0.2) is 24.3 Å². The van der Waals surface area contributed by atoms with Crippen LogP contribution < -0.4 is 10.1 Å². The number of methoxy groups -OCH3 is 1. The summed E-state index contributed by atoms with van der Waals surface area (Å²) in [5, 5.41) is 3.49. The molecular weight excluding hydrogens is 198 g/mol. The third kappa shape index (κ3) is 1.61. The van der Waals surface area contributed by atoms with Crippen molar-refractivity contribution >= 4 is 0 Å². The maximum atomic E-state index is 5.46. The minimum absolute atomic E-state index is 0.716. The zero-order valence-corrected chi connectivity index (χ0v) is 9.78. The molecule has 16 heavy (non-hydrogen) atoms. The Morgan fingerprint density at radius 1 is 1.12 bits per heavy atom. The van der Waals surface area contributed by atoms with Crippen molar-refractivity contribution in [2.45, 2.75) is 18.8 Å². The second kappa shape index (κ2) is 4.10. The largest absolute Gasteiger partial charge is 0.496 e. The SMILES string of the molecule is COc1ccccc1C1CC2CNCC2C1. The molecule has 0 spiro atoms. The van der Waals surface area contributed by atoms with E-state index in [1.807, 2.05) is 0 Å². The fraction of sp³-hybridized carbons (Fsp3) is 0.571. The fourth-order valence-electron chi connectivity index (χ4n) is 3.42. The number of fused-ring (bicyclic) bond motifs is 1. The van der Waals surface area contributed by atoms with Crippen molar-refractivity contribution in [1.29, 1.82) is 0 Å². The van der Waals surface area contributed by atoms with Gasteiger partial charge >= 0.3 is 0 Å². The molecule has 0 aromatic heterocycles. The molecule has 1 N–H and O–H groups in total. The molecule has 1 aromatic carbocycles. The minimum atomic E-state index is 0.716. The van der Waals surface area contributed by atoms with Crippen LogP contribution in [0.1, 0.15) is 24.3 Å². The van der Waals surface area contributed by atoms with Crippen LogP contribution in [0.3, 0.4) is 0 Å². The Morgan fingerprint density at radius 2 is 1.81 bits per heavy atom. The molecule has 0 radical (unpaired) electrons. The molecule has 1 aromatic rings. The van der Waals surface area contributed by atoms with Crippen LogP contribution in [-0.4, -0.2) is 20.2 Å². The average molecular weight is 217 g/mol. The van der Waals surface area contributed by atoms with Crippen molar-refractivity contribution < 1.29 is 4.74 Å². The van der Waals surface area contributed by atoms with Gasteiger partial charge in [0.25, 0.3) is 0 Å². The Hall–Kier alpha value is -1.02. The first-order valence-corrected chi connectivity index (χ1v) is 6.22. The Morgan fingerprint density at radius 3 is 2.50 bits per heavy atom. The van der Waals surface area contributed by atoms with Gasteiger partial charge < -0.3 is 10.1 Å². The summed E-state index contributed by atoms with van der Waals surface area (Å²) >= 11 is 0. The standard InChI is InChI=1S/C14H19NO/c1-16-14-5-3-2-4-13(14)10-6-11-8-15-9-12(11)7-10/h2-5,10-12,15H,6-9H2,1H3. The van der Waals surface area contributed by atoms with Crippen molar-refractivity contribution in [1.82, 2.24) is 5.32 Å². The molecule has 0 amide bonds. The highest BCUT2D eigenvalue weighted by Gasteiger charge is 2.38. The molecule has 3 rings (SSSR count). The van der Waals surface area contributed by atoms with E-state index in [2.05, 4.69) is 29.6 Å². The zero-order valence-electron chi connectivity index (χ0n) is 9.78. The summed E-state index contributed by atoms with van der Waals surface area (Å²) in [6.07, 6.45) is 2.66. The van der Waals surface area contributed by atoms with Crippen LogP contribution in [0.25, 0.3) is 0 Å². The van der Waals surface area contributed by atoms with Crippen molar-refractivity contribution in [2.24, 2.45) is 11.8 Å². The Balaban J connectivity index is 1.83. The summed E-state index contributed by atoms with van der Waals surface area (Å²) in [5.41, 5.74) is 1.42. The molecule has 1 aliphatic heterocycles. The van der Waals surface area contributed by atoms with Gasteiger partial charge in [-0.05, 0) is 55.3 Å². The van der Waals surface area contributed by atoms with E-state index in [0.29, 0.717) is 5.92 Å². The number of nitrogens with one attached hydrogen (secondary N) is 1. The quantitative estimate of drug-likeness (QED) is 0.821. The van der Waals surface area contributed by atoms with Crippen LogP contribution >= 0.6 is 0 Å². The molecule has 2 heteroatoms. The number of benzene rings is 1. The van der Waals surface area contributed by atoms with E-state index < -0.39 is 0 Å². The van der Waals surface area contributed by atoms with Gasteiger partial charge in [-0.25, -0.2) is 0 Å². The van der Waals surface area contributed by atoms with E-state index in [1.165, 1.54) is 31.5 Å². The summed E-state index contributed by atoms with van der Waals surface area (Å²) < 4.78 is 5.46. The molecule has 0 bridgehead atoms. The van der Waals surface area contributed by atoms with Gasteiger partial charge in [0, 0.05) is 0 Å². The second-order valence-electron chi connectivity index (χ2n) is 5.09. The van der Waals surface area contributed by atoms with Gasteiger partial charge in [-0.1, -0.05) is 18.2 Å². The van der Waals surface area contributed by atoms with Crippen molar-refractivity contribution in [3.63, 3.8) is 0 Å². The van der Waals surface area contributed by atoms with E-state index in [9.17, 15) is 0 Å². The average Bonchev–Trinajstić information content (AvgIpc) is 2.89. The smallest absolute Gasteiger partial charge is 0.122 e. The first-order valence-electron chi connectivity index (χ1n) is 6.22. The lowest BCUT2D eigenvalue weighted by atomic mass is 9.95. The van der Waals surface area contributed by atoms with Gasteiger partial charge in [0.2, 0.25) is 0 Å². The first-order chi connectivity index (χ1) is 7.88. The minimum Gasteiger partial charge on any atom is -0.496 e. The lowest BCUT2D eigenvalue weighted by Gasteiger charge is -2.15. The highest BCUT2D eigenvalue weighted by molar-refractivity contribution is 5.37. The monoisotopic (exact) mass is 217 g/mol. The Kier molecular flexibility index (Phi) is 2.60. The molecule has 1 aliphatic carbocycles. The second-order valence-corrected chi connectivity index (χ2v) is 5.09. The zero-order chi connectivity index (χ0) is 11.0. The van der Waals surface area contributed by atoms with Gasteiger partial charge in [0.15, 0.2) is 0 Å². The summed E-state index contributed by atoms with van der Waals surface area (Å²) in [6, 6.07) is 8.50. The Bertz CT molecular complexity index is 365. The highest BCUT2D eigenvalue weighted by atomic mass is 16.5. The van der Waals surface area contributed by atoms with E-state index in [4.69, 9.17) is 4.74 Å². The Labute approximate surface area is 97.0 Å². The van der Waals surface area contributed by atoms with Crippen LogP contribution in [0.5, 0.6) is 5.75 Å². The van der Waals surface area contributed by atoms with Crippen LogP contribution in [0.4, 0.5) is 0 Å². The van der Waals surface area contributed by atoms with Crippen LogP contribution in [-0.2, 0) is 0 Å². The molecular formula is C14H19NO. The van der Waals surface area contributed by atoms with E-state index in [0.717, 1.165) is 17.6 Å². The van der Waals surface area contributed by atoms with Crippen LogP contribution in [0.2, 0.25) is 0 Å². The van der Waals surface area contributed by atoms with Crippen LogP contribution in [0, 0.1) is 11.8 Å². The maximum absolute atomic E-state index is 5.46. The third-order valence-electron chi connectivity index (χ3n) is 4.23. The highest BCUT2D eigenvalue weighted by Crippen LogP contribution is 2.46. The lowest BCUT2D eigenvalue weighted by molar-refractivity contribution is 0.404. The molecule has 2 atom stereocenters. The van der Waals surface area contributed by atoms with E-state index >= 15 is 0 Å². The van der Waals surface area contributed by atoms with E-state index in [1.54, 1.807) is 7.11 Å².